The highest BCUT2D eigenvalue weighted by Gasteiger charge is 2.08. The van der Waals surface area contributed by atoms with Gasteiger partial charge < -0.3 is 20.8 Å². The second-order valence-corrected chi connectivity index (χ2v) is 3.40. The topological polar surface area (TPSA) is 88.1 Å². The molecule has 5 heteroatoms. The summed E-state index contributed by atoms with van der Waals surface area (Å²) in [6.45, 7) is 1.82. The number of oxime groups is 1. The second kappa shape index (κ2) is 5.97. The van der Waals surface area contributed by atoms with Crippen LogP contribution < -0.4 is 10.5 Å². The molecule has 1 unspecified atom stereocenters. The van der Waals surface area contributed by atoms with Gasteiger partial charge in [-0.05, 0) is 31.0 Å². The predicted molar refractivity (Wildman–Crippen MR) is 60.7 cm³/mol. The fourth-order valence-electron chi connectivity index (χ4n) is 1.21. The van der Waals surface area contributed by atoms with Gasteiger partial charge in [0.2, 0.25) is 0 Å². The predicted octanol–water partition coefficient (Wildman–Crippen LogP) is 0.735. The minimum atomic E-state index is -0.478. The van der Waals surface area contributed by atoms with E-state index < -0.39 is 6.10 Å². The first kappa shape index (κ1) is 12.3. The molecule has 0 amide bonds. The lowest BCUT2D eigenvalue weighted by atomic mass is 10.1. The van der Waals surface area contributed by atoms with Crippen LogP contribution in [0.4, 0.5) is 0 Å². The van der Waals surface area contributed by atoms with Crippen LogP contribution in [-0.2, 0) is 6.42 Å². The van der Waals surface area contributed by atoms with Gasteiger partial charge in [0.1, 0.15) is 5.75 Å². The Labute approximate surface area is 94.1 Å². The van der Waals surface area contributed by atoms with Crippen LogP contribution >= 0.6 is 0 Å². The molecule has 1 rings (SSSR count). The van der Waals surface area contributed by atoms with Crippen LogP contribution in [0, 0.1) is 0 Å². The Bertz CT molecular complexity index is 349. The van der Waals surface area contributed by atoms with Crippen LogP contribution in [-0.4, -0.2) is 28.9 Å². The molecule has 1 atom stereocenters. The van der Waals surface area contributed by atoms with Crippen molar-refractivity contribution in [2.75, 3.05) is 6.61 Å². The van der Waals surface area contributed by atoms with Crippen molar-refractivity contribution in [3.63, 3.8) is 0 Å². The molecule has 0 bridgehead atoms. The summed E-state index contributed by atoms with van der Waals surface area (Å²) >= 11 is 0. The second-order valence-electron chi connectivity index (χ2n) is 3.40. The van der Waals surface area contributed by atoms with Crippen molar-refractivity contribution in [2.24, 2.45) is 10.9 Å². The first-order valence-electron chi connectivity index (χ1n) is 5.01. The summed E-state index contributed by atoms with van der Waals surface area (Å²) in [5.74, 6) is 0.667. The number of nitrogens with zero attached hydrogens (tertiary/aromatic N) is 1. The summed E-state index contributed by atoms with van der Waals surface area (Å²) < 4.78 is 5.42. The summed E-state index contributed by atoms with van der Waals surface area (Å²) in [5, 5.41) is 20.1. The Kier molecular flexibility index (Phi) is 4.60. The van der Waals surface area contributed by atoms with Gasteiger partial charge in [-0.2, -0.15) is 0 Å². The summed E-state index contributed by atoms with van der Waals surface area (Å²) in [6, 6.07) is 7.30. The number of nitrogens with two attached hydrogens (primary N) is 1. The van der Waals surface area contributed by atoms with Gasteiger partial charge in [-0.15, -0.1) is 0 Å². The number of rotatable bonds is 5. The van der Waals surface area contributed by atoms with Crippen LogP contribution in [0.15, 0.2) is 29.4 Å². The van der Waals surface area contributed by atoms with Crippen molar-refractivity contribution in [3.05, 3.63) is 29.8 Å². The van der Waals surface area contributed by atoms with Crippen LogP contribution in [0.3, 0.4) is 0 Å². The number of aliphatic hydroxyl groups is 1. The maximum atomic E-state index is 8.75. The third-order valence-corrected chi connectivity index (χ3v) is 2.17. The third-order valence-electron chi connectivity index (χ3n) is 2.17. The van der Waals surface area contributed by atoms with E-state index in [4.69, 9.17) is 20.8 Å². The van der Waals surface area contributed by atoms with Crippen LogP contribution in [0.25, 0.3) is 0 Å². The number of hydrogen-bond acceptors (Lipinski definition) is 4. The molecule has 4 N–H and O–H groups in total. The van der Waals surface area contributed by atoms with E-state index >= 15 is 0 Å². The Morgan fingerprint density at radius 3 is 2.56 bits per heavy atom. The zero-order chi connectivity index (χ0) is 12.0. The van der Waals surface area contributed by atoms with Gasteiger partial charge in [0.25, 0.3) is 0 Å². The van der Waals surface area contributed by atoms with Gasteiger partial charge in [-0.3, -0.25) is 0 Å². The molecule has 0 aliphatic heterocycles. The van der Waals surface area contributed by atoms with Gasteiger partial charge in [-0.25, -0.2) is 0 Å². The lowest BCUT2D eigenvalue weighted by Crippen LogP contribution is -2.31. The number of aliphatic hydroxyl groups excluding tert-OH is 1. The van der Waals surface area contributed by atoms with Crippen molar-refractivity contribution in [3.8, 4) is 5.75 Å². The standard InChI is InChI=1S/C11H16N2O3/c1-8(11(12)13-15)16-10-4-2-9(3-5-10)6-7-14/h2-5,8,14-15H,6-7H2,1H3,(H2,12,13). The Morgan fingerprint density at radius 1 is 1.44 bits per heavy atom. The van der Waals surface area contributed by atoms with Gasteiger partial charge in [0, 0.05) is 6.61 Å². The number of benzene rings is 1. The molecule has 0 aliphatic rings. The number of hydrogen-bond donors (Lipinski definition) is 3. The molecule has 0 saturated heterocycles. The first-order valence-corrected chi connectivity index (χ1v) is 5.01. The Balaban J connectivity index is 2.61. The largest absolute Gasteiger partial charge is 0.483 e. The molecular formula is C11H16N2O3. The molecule has 0 radical (unpaired) electrons. The van der Waals surface area contributed by atoms with E-state index in [0.29, 0.717) is 12.2 Å². The first-order chi connectivity index (χ1) is 7.67. The maximum absolute atomic E-state index is 8.75. The van der Waals surface area contributed by atoms with Crippen LogP contribution in [0.5, 0.6) is 5.75 Å². The van der Waals surface area contributed by atoms with Gasteiger partial charge in [0.15, 0.2) is 11.9 Å². The van der Waals surface area contributed by atoms with Gasteiger partial charge in [-0.1, -0.05) is 17.3 Å². The zero-order valence-corrected chi connectivity index (χ0v) is 9.13. The molecular weight excluding hydrogens is 208 g/mol. The molecule has 0 heterocycles. The SMILES string of the molecule is CC(Oc1ccc(CCO)cc1)/C(N)=N/O. The number of ether oxygens (including phenoxy) is 1. The molecule has 0 aromatic heterocycles. The van der Waals surface area contributed by atoms with E-state index in [1.54, 1.807) is 19.1 Å². The summed E-state index contributed by atoms with van der Waals surface area (Å²) in [5.41, 5.74) is 6.42. The Hall–Kier alpha value is -1.75. The van der Waals surface area contributed by atoms with E-state index in [9.17, 15) is 0 Å². The molecule has 1 aromatic carbocycles. The van der Waals surface area contributed by atoms with Crippen molar-refractivity contribution in [1.82, 2.24) is 0 Å². The lowest BCUT2D eigenvalue weighted by Gasteiger charge is -2.13. The van der Waals surface area contributed by atoms with E-state index in [1.165, 1.54) is 0 Å². The molecule has 0 fully saturated rings. The zero-order valence-electron chi connectivity index (χ0n) is 9.13. The molecule has 16 heavy (non-hydrogen) atoms. The summed E-state index contributed by atoms with van der Waals surface area (Å²) in [7, 11) is 0. The number of amidine groups is 1. The molecule has 0 saturated carbocycles. The normalized spacial score (nSPS) is 13.5. The summed E-state index contributed by atoms with van der Waals surface area (Å²) in [4.78, 5) is 0. The highest BCUT2D eigenvalue weighted by molar-refractivity contribution is 5.84. The van der Waals surface area contributed by atoms with Gasteiger partial charge in [0.05, 0.1) is 0 Å². The molecule has 5 nitrogen and oxygen atoms in total. The van der Waals surface area contributed by atoms with Crippen molar-refractivity contribution in [2.45, 2.75) is 19.4 Å². The maximum Gasteiger partial charge on any atom is 0.180 e. The van der Waals surface area contributed by atoms with Crippen LogP contribution in [0.2, 0.25) is 0 Å². The van der Waals surface area contributed by atoms with Crippen molar-refractivity contribution in [1.29, 1.82) is 0 Å². The molecule has 1 aromatic rings. The molecule has 0 aliphatic carbocycles. The van der Waals surface area contributed by atoms with Crippen molar-refractivity contribution >= 4 is 5.84 Å². The van der Waals surface area contributed by atoms with E-state index in [2.05, 4.69) is 5.16 Å². The minimum Gasteiger partial charge on any atom is -0.483 e. The molecule has 88 valence electrons. The summed E-state index contributed by atoms with van der Waals surface area (Å²) in [6.07, 6.45) is 0.143. The van der Waals surface area contributed by atoms with Gasteiger partial charge >= 0.3 is 0 Å². The fourth-order valence-corrected chi connectivity index (χ4v) is 1.21. The fraction of sp³-hybridized carbons (Fsp3) is 0.364. The average Bonchev–Trinajstić information content (AvgIpc) is 2.31. The monoisotopic (exact) mass is 224 g/mol. The van der Waals surface area contributed by atoms with Crippen molar-refractivity contribution < 1.29 is 15.1 Å². The van der Waals surface area contributed by atoms with E-state index in [0.717, 1.165) is 5.56 Å². The minimum absolute atomic E-state index is 0.0273. The highest BCUT2D eigenvalue weighted by atomic mass is 16.5. The quantitative estimate of drug-likeness (QED) is 0.298. The van der Waals surface area contributed by atoms with Crippen LogP contribution in [0.1, 0.15) is 12.5 Å². The average molecular weight is 224 g/mol. The third kappa shape index (κ3) is 3.43. The Morgan fingerprint density at radius 2 is 2.06 bits per heavy atom. The van der Waals surface area contributed by atoms with E-state index in [1.807, 2.05) is 12.1 Å². The highest BCUT2D eigenvalue weighted by Crippen LogP contribution is 2.14. The lowest BCUT2D eigenvalue weighted by molar-refractivity contribution is 0.265. The molecule has 0 spiro atoms. The van der Waals surface area contributed by atoms with E-state index in [-0.39, 0.29) is 12.4 Å². The smallest absolute Gasteiger partial charge is 0.180 e.